The first-order valence-corrected chi connectivity index (χ1v) is 8.04. The molecule has 1 aliphatic heterocycles. The predicted octanol–water partition coefficient (Wildman–Crippen LogP) is 3.84. The topological polar surface area (TPSA) is 57.9 Å². The fourth-order valence-corrected chi connectivity index (χ4v) is 2.98. The van der Waals surface area contributed by atoms with Gasteiger partial charge in [-0.15, -0.1) is 0 Å². The van der Waals surface area contributed by atoms with E-state index in [1.165, 1.54) is 11.1 Å². The molecule has 4 nitrogen and oxygen atoms in total. The maximum atomic E-state index is 8.82. The van der Waals surface area contributed by atoms with Crippen molar-refractivity contribution in [3.8, 4) is 6.07 Å². The van der Waals surface area contributed by atoms with Gasteiger partial charge in [-0.25, -0.2) is 4.98 Å². The largest absolute Gasteiger partial charge is 0.373 e. The fourth-order valence-electron chi connectivity index (χ4n) is 2.98. The van der Waals surface area contributed by atoms with Gasteiger partial charge in [0.1, 0.15) is 11.9 Å². The van der Waals surface area contributed by atoms with Crippen LogP contribution in [-0.4, -0.2) is 18.1 Å². The Kier molecular flexibility index (Phi) is 4.89. The fraction of sp³-hybridized carbons (Fsp3) is 0.368. The number of aromatic nitrogens is 1. The van der Waals surface area contributed by atoms with Crippen LogP contribution in [-0.2, 0) is 4.74 Å². The van der Waals surface area contributed by atoms with Gasteiger partial charge in [0.2, 0.25) is 0 Å². The van der Waals surface area contributed by atoms with E-state index in [1.54, 1.807) is 12.3 Å². The lowest BCUT2D eigenvalue weighted by atomic mass is 9.89. The lowest BCUT2D eigenvalue weighted by Crippen LogP contribution is -2.28. The van der Waals surface area contributed by atoms with Crippen molar-refractivity contribution < 1.29 is 4.74 Å². The second kappa shape index (κ2) is 7.26. The Bertz CT molecular complexity index is 673. The quantitative estimate of drug-likeness (QED) is 0.932. The minimum absolute atomic E-state index is 0.134. The van der Waals surface area contributed by atoms with E-state index < -0.39 is 0 Å². The van der Waals surface area contributed by atoms with Crippen LogP contribution in [0, 0.1) is 24.2 Å². The van der Waals surface area contributed by atoms with Crippen molar-refractivity contribution in [2.24, 2.45) is 5.92 Å². The van der Waals surface area contributed by atoms with E-state index in [1.807, 2.05) is 6.07 Å². The molecule has 23 heavy (non-hydrogen) atoms. The normalized spacial score (nSPS) is 20.7. The maximum Gasteiger partial charge on any atom is 0.125 e. The summed E-state index contributed by atoms with van der Waals surface area (Å²) < 4.78 is 6.04. The van der Waals surface area contributed by atoms with Crippen molar-refractivity contribution >= 4 is 5.82 Å². The van der Waals surface area contributed by atoms with Gasteiger partial charge in [0.05, 0.1) is 11.7 Å². The number of pyridine rings is 1. The van der Waals surface area contributed by atoms with Crippen LogP contribution in [0.4, 0.5) is 5.82 Å². The molecule has 0 saturated carbocycles. The number of aryl methyl sites for hydroxylation is 1. The summed E-state index contributed by atoms with van der Waals surface area (Å²) in [6, 6.07) is 14.3. The molecule has 0 bridgehead atoms. The van der Waals surface area contributed by atoms with E-state index in [0.29, 0.717) is 11.5 Å². The molecule has 0 radical (unpaired) electrons. The number of nitriles is 1. The molecule has 1 aromatic heterocycles. The van der Waals surface area contributed by atoms with Crippen molar-refractivity contribution in [1.29, 1.82) is 5.26 Å². The standard InChI is InChI=1S/C19H21N3O/c1-14-4-7-16(8-5-14)19-17(3-2-10-23-19)13-22-18-9-6-15(11-20)12-21-18/h4-9,12,17,19H,2-3,10,13H2,1H3,(H,21,22). The average molecular weight is 307 g/mol. The van der Waals surface area contributed by atoms with E-state index >= 15 is 0 Å². The molecule has 2 aromatic rings. The first kappa shape index (κ1) is 15.5. The SMILES string of the molecule is Cc1ccc(C2OCCCC2CNc2ccc(C#N)cn2)cc1. The zero-order valence-electron chi connectivity index (χ0n) is 13.3. The van der Waals surface area contributed by atoms with E-state index in [2.05, 4.69) is 47.6 Å². The number of ether oxygens (including phenoxy) is 1. The third-order valence-corrected chi connectivity index (χ3v) is 4.29. The number of nitrogens with zero attached hydrogens (tertiary/aromatic N) is 2. The monoisotopic (exact) mass is 307 g/mol. The lowest BCUT2D eigenvalue weighted by molar-refractivity contribution is -0.0238. The second-order valence-electron chi connectivity index (χ2n) is 6.03. The minimum Gasteiger partial charge on any atom is -0.373 e. The van der Waals surface area contributed by atoms with Crippen molar-refractivity contribution in [1.82, 2.24) is 4.98 Å². The van der Waals surface area contributed by atoms with Crippen LogP contribution >= 0.6 is 0 Å². The summed E-state index contributed by atoms with van der Waals surface area (Å²) in [6.07, 6.45) is 3.96. The van der Waals surface area contributed by atoms with Crippen LogP contribution in [0.15, 0.2) is 42.6 Å². The van der Waals surface area contributed by atoms with Crippen LogP contribution in [0.25, 0.3) is 0 Å². The molecule has 0 amide bonds. The molecular weight excluding hydrogens is 286 g/mol. The molecule has 3 rings (SSSR count). The number of hydrogen-bond acceptors (Lipinski definition) is 4. The summed E-state index contributed by atoms with van der Waals surface area (Å²) in [7, 11) is 0. The van der Waals surface area contributed by atoms with E-state index in [0.717, 1.165) is 31.8 Å². The number of hydrogen-bond donors (Lipinski definition) is 1. The van der Waals surface area contributed by atoms with Crippen LogP contribution in [0.1, 0.15) is 35.6 Å². The molecule has 1 aromatic carbocycles. The van der Waals surface area contributed by atoms with Gasteiger partial charge >= 0.3 is 0 Å². The zero-order valence-corrected chi connectivity index (χ0v) is 13.3. The molecule has 1 saturated heterocycles. The Hall–Kier alpha value is -2.38. The highest BCUT2D eigenvalue weighted by Crippen LogP contribution is 2.33. The maximum absolute atomic E-state index is 8.82. The van der Waals surface area contributed by atoms with Gasteiger partial charge in [-0.2, -0.15) is 5.26 Å². The van der Waals surface area contributed by atoms with Gasteiger partial charge in [0, 0.05) is 25.3 Å². The van der Waals surface area contributed by atoms with Crippen molar-refractivity contribution in [2.75, 3.05) is 18.5 Å². The Morgan fingerprint density at radius 1 is 1.26 bits per heavy atom. The Labute approximate surface area is 137 Å². The summed E-state index contributed by atoms with van der Waals surface area (Å²) >= 11 is 0. The molecule has 2 atom stereocenters. The summed E-state index contributed by atoms with van der Waals surface area (Å²) in [5, 5.41) is 12.2. The van der Waals surface area contributed by atoms with E-state index in [-0.39, 0.29) is 6.10 Å². The predicted molar refractivity (Wildman–Crippen MR) is 90.0 cm³/mol. The van der Waals surface area contributed by atoms with Crippen molar-refractivity contribution in [2.45, 2.75) is 25.9 Å². The number of anilines is 1. The first-order valence-electron chi connectivity index (χ1n) is 8.04. The molecule has 118 valence electrons. The Morgan fingerprint density at radius 2 is 2.09 bits per heavy atom. The Balaban J connectivity index is 1.66. The molecule has 1 aliphatic rings. The molecule has 2 unspecified atom stereocenters. The van der Waals surface area contributed by atoms with Crippen LogP contribution < -0.4 is 5.32 Å². The molecule has 0 spiro atoms. The number of nitrogens with one attached hydrogen (secondary N) is 1. The van der Waals surface area contributed by atoms with Gasteiger partial charge in [0.25, 0.3) is 0 Å². The highest BCUT2D eigenvalue weighted by molar-refractivity contribution is 5.39. The van der Waals surface area contributed by atoms with Crippen molar-refractivity contribution in [3.05, 3.63) is 59.3 Å². The zero-order chi connectivity index (χ0) is 16.1. The summed E-state index contributed by atoms with van der Waals surface area (Å²) in [6.45, 7) is 3.74. The average Bonchev–Trinajstić information content (AvgIpc) is 2.61. The molecular formula is C19H21N3O. The molecule has 4 heteroatoms. The minimum atomic E-state index is 0.134. The van der Waals surface area contributed by atoms with Crippen LogP contribution in [0.2, 0.25) is 0 Å². The molecule has 1 fully saturated rings. The lowest BCUT2D eigenvalue weighted by Gasteiger charge is -2.32. The number of rotatable bonds is 4. The van der Waals surface area contributed by atoms with Gasteiger partial charge in [-0.05, 0) is 37.5 Å². The number of benzene rings is 1. The van der Waals surface area contributed by atoms with Crippen molar-refractivity contribution in [3.63, 3.8) is 0 Å². The summed E-state index contributed by atoms with van der Waals surface area (Å²) in [5.74, 6) is 1.22. The smallest absolute Gasteiger partial charge is 0.125 e. The van der Waals surface area contributed by atoms with Gasteiger partial charge < -0.3 is 10.1 Å². The van der Waals surface area contributed by atoms with Gasteiger partial charge in [0.15, 0.2) is 0 Å². The third-order valence-electron chi connectivity index (χ3n) is 4.29. The van der Waals surface area contributed by atoms with Gasteiger partial charge in [-0.1, -0.05) is 29.8 Å². The highest BCUT2D eigenvalue weighted by Gasteiger charge is 2.27. The third kappa shape index (κ3) is 3.88. The van der Waals surface area contributed by atoms with E-state index in [4.69, 9.17) is 10.00 Å². The van der Waals surface area contributed by atoms with Gasteiger partial charge in [-0.3, -0.25) is 0 Å². The highest BCUT2D eigenvalue weighted by atomic mass is 16.5. The summed E-state index contributed by atoms with van der Waals surface area (Å²) in [5.41, 5.74) is 3.09. The molecule has 0 aliphatic carbocycles. The Morgan fingerprint density at radius 3 is 2.78 bits per heavy atom. The first-order chi connectivity index (χ1) is 11.3. The van der Waals surface area contributed by atoms with Crippen LogP contribution in [0.5, 0.6) is 0 Å². The van der Waals surface area contributed by atoms with E-state index in [9.17, 15) is 0 Å². The van der Waals surface area contributed by atoms with Crippen LogP contribution in [0.3, 0.4) is 0 Å². The summed E-state index contributed by atoms with van der Waals surface area (Å²) in [4.78, 5) is 4.27. The second-order valence-corrected chi connectivity index (χ2v) is 6.03. The molecule has 1 N–H and O–H groups in total. The molecule has 2 heterocycles.